The average Bonchev–Trinajstić information content (AvgIpc) is 3.31. The normalized spacial score (nSPS) is 12.5. The molecule has 0 fully saturated rings. The third kappa shape index (κ3) is 6.00. The van der Waals surface area contributed by atoms with Gasteiger partial charge < -0.3 is 20.1 Å². The summed E-state index contributed by atoms with van der Waals surface area (Å²) >= 11 is 0. The Morgan fingerprint density at radius 2 is 1.87 bits per heavy atom. The number of H-pyrrole nitrogens is 1. The van der Waals surface area contributed by atoms with Crippen LogP contribution in [0.5, 0.6) is 0 Å². The van der Waals surface area contributed by atoms with E-state index in [9.17, 15) is 18.4 Å². The second-order valence-electron chi connectivity index (χ2n) is 9.28. The number of rotatable bonds is 9. The van der Waals surface area contributed by atoms with E-state index < -0.39 is 11.7 Å². The first-order valence-electron chi connectivity index (χ1n) is 12.0. The minimum Gasteiger partial charge on any atom is -0.360 e. The third-order valence-electron chi connectivity index (χ3n) is 6.13. The molecule has 9 nitrogen and oxygen atoms in total. The molecule has 0 aliphatic heterocycles. The van der Waals surface area contributed by atoms with Crippen LogP contribution < -0.4 is 10.2 Å². The fourth-order valence-electron chi connectivity index (χ4n) is 3.99. The van der Waals surface area contributed by atoms with Gasteiger partial charge in [-0.15, -0.1) is 0 Å². The highest BCUT2D eigenvalue weighted by Crippen LogP contribution is 2.35. The van der Waals surface area contributed by atoms with E-state index in [1.54, 1.807) is 6.20 Å². The van der Waals surface area contributed by atoms with Crippen LogP contribution in [-0.4, -0.2) is 64.1 Å². The molecule has 0 aliphatic carbocycles. The first-order valence-corrected chi connectivity index (χ1v) is 12.0. The highest BCUT2D eigenvalue weighted by atomic mass is 19.4. The van der Waals surface area contributed by atoms with Crippen molar-refractivity contribution in [2.24, 2.45) is 0 Å². The fourth-order valence-corrected chi connectivity index (χ4v) is 3.99. The average molecular weight is 524 g/mol. The van der Waals surface area contributed by atoms with Crippen molar-refractivity contribution in [1.82, 2.24) is 29.8 Å². The monoisotopic (exact) mass is 523 g/mol. The molecule has 1 atom stereocenters. The molecule has 0 radical (unpaired) electrons. The van der Waals surface area contributed by atoms with E-state index in [0.717, 1.165) is 43.2 Å². The SMILES string of the molecule is C[C@@H](Nc1ncc(C#N)c(-c2c[nH]c3ncc(C(F)(F)F)cc23)n1)c1ccc(N(C)CCCN(C)C)nc1. The quantitative estimate of drug-likeness (QED) is 0.320. The lowest BCUT2D eigenvalue weighted by atomic mass is 10.1. The van der Waals surface area contributed by atoms with Gasteiger partial charge in [0.25, 0.3) is 0 Å². The molecule has 4 aromatic rings. The molecule has 0 spiro atoms. The number of halogens is 3. The number of hydrogen-bond donors (Lipinski definition) is 2. The largest absolute Gasteiger partial charge is 0.417 e. The van der Waals surface area contributed by atoms with E-state index in [1.165, 1.54) is 12.4 Å². The summed E-state index contributed by atoms with van der Waals surface area (Å²) in [4.78, 5) is 24.3. The standard InChI is InChI=1S/C26H28F3N9/c1-16(17-6-7-22(31-12-17)38(4)9-5-8-37(2)3)35-25-34-13-18(11-30)23(36-25)21-15-33-24-20(21)10-19(14-32-24)26(27,28)29/h6-7,10,12-16H,5,8-9H2,1-4H3,(H,32,33)(H,34,35,36)/t16-/m1/s1. The third-order valence-corrected chi connectivity index (χ3v) is 6.13. The van der Waals surface area contributed by atoms with Crippen molar-refractivity contribution in [3.63, 3.8) is 0 Å². The van der Waals surface area contributed by atoms with Gasteiger partial charge in [-0.1, -0.05) is 6.07 Å². The van der Waals surface area contributed by atoms with E-state index in [-0.39, 0.29) is 34.3 Å². The fraction of sp³-hybridized carbons (Fsp3) is 0.346. The number of aromatic amines is 1. The molecule has 0 amide bonds. The number of anilines is 2. The molecule has 12 heteroatoms. The zero-order valence-electron chi connectivity index (χ0n) is 21.5. The lowest BCUT2D eigenvalue weighted by molar-refractivity contribution is -0.137. The van der Waals surface area contributed by atoms with Crippen LogP contribution in [0.4, 0.5) is 24.9 Å². The van der Waals surface area contributed by atoms with Crippen molar-refractivity contribution in [3.05, 3.63) is 59.7 Å². The molecule has 4 heterocycles. The van der Waals surface area contributed by atoms with E-state index in [2.05, 4.69) is 40.0 Å². The van der Waals surface area contributed by atoms with Crippen LogP contribution in [0.2, 0.25) is 0 Å². The van der Waals surface area contributed by atoms with Crippen molar-refractivity contribution in [2.75, 3.05) is 44.4 Å². The predicted molar refractivity (Wildman–Crippen MR) is 140 cm³/mol. The van der Waals surface area contributed by atoms with Crippen LogP contribution in [-0.2, 0) is 6.18 Å². The highest BCUT2D eigenvalue weighted by molar-refractivity contribution is 5.94. The Morgan fingerprint density at radius 3 is 2.53 bits per heavy atom. The number of hydrogen-bond acceptors (Lipinski definition) is 8. The Kier molecular flexibility index (Phi) is 7.78. The number of nitrogens with zero attached hydrogens (tertiary/aromatic N) is 7. The number of alkyl halides is 3. The molecule has 2 N–H and O–H groups in total. The smallest absolute Gasteiger partial charge is 0.360 e. The molecular weight excluding hydrogens is 495 g/mol. The summed E-state index contributed by atoms with van der Waals surface area (Å²) in [5.74, 6) is 1.09. The Hall–Kier alpha value is -4.24. The van der Waals surface area contributed by atoms with Gasteiger partial charge in [-0.05, 0) is 51.7 Å². The number of aromatic nitrogens is 5. The van der Waals surface area contributed by atoms with Crippen molar-refractivity contribution in [1.29, 1.82) is 5.26 Å². The molecule has 4 aromatic heterocycles. The zero-order valence-corrected chi connectivity index (χ0v) is 21.5. The first kappa shape index (κ1) is 26.8. The van der Waals surface area contributed by atoms with Gasteiger partial charge in [-0.3, -0.25) is 0 Å². The van der Waals surface area contributed by atoms with E-state index in [4.69, 9.17) is 0 Å². The zero-order chi connectivity index (χ0) is 27.4. The molecule has 38 heavy (non-hydrogen) atoms. The summed E-state index contributed by atoms with van der Waals surface area (Å²) in [6.45, 7) is 3.80. The van der Waals surface area contributed by atoms with Crippen molar-refractivity contribution >= 4 is 22.8 Å². The molecule has 0 aliphatic rings. The summed E-state index contributed by atoms with van der Waals surface area (Å²) in [6.07, 6.45) is 1.86. The topological polar surface area (TPSA) is 110 Å². The summed E-state index contributed by atoms with van der Waals surface area (Å²) in [5, 5.41) is 13.0. The molecule has 198 valence electrons. The van der Waals surface area contributed by atoms with Crippen LogP contribution in [0.3, 0.4) is 0 Å². The molecule has 0 bridgehead atoms. The van der Waals surface area contributed by atoms with Crippen molar-refractivity contribution < 1.29 is 13.2 Å². The summed E-state index contributed by atoms with van der Waals surface area (Å²) < 4.78 is 39.8. The van der Waals surface area contributed by atoms with Gasteiger partial charge in [0.15, 0.2) is 0 Å². The Balaban J connectivity index is 1.55. The molecule has 0 aromatic carbocycles. The first-order chi connectivity index (χ1) is 18.1. The molecular formula is C26H28F3N9. The second-order valence-corrected chi connectivity index (χ2v) is 9.28. The van der Waals surface area contributed by atoms with Crippen LogP contribution in [0, 0.1) is 11.3 Å². The van der Waals surface area contributed by atoms with Crippen molar-refractivity contribution in [2.45, 2.75) is 25.6 Å². The van der Waals surface area contributed by atoms with Gasteiger partial charge >= 0.3 is 6.18 Å². The number of nitriles is 1. The number of fused-ring (bicyclic) bond motifs is 1. The lowest BCUT2D eigenvalue weighted by Crippen LogP contribution is -2.24. The summed E-state index contributed by atoms with van der Waals surface area (Å²) in [5.41, 5.74) is 0.941. The Bertz CT molecular complexity index is 1440. The van der Waals surface area contributed by atoms with Crippen molar-refractivity contribution in [3.8, 4) is 17.3 Å². The minimum absolute atomic E-state index is 0.129. The molecule has 0 unspecified atom stereocenters. The van der Waals surface area contributed by atoms with Crippen LogP contribution in [0.15, 0.2) is 43.0 Å². The lowest BCUT2D eigenvalue weighted by Gasteiger charge is -2.20. The summed E-state index contributed by atoms with van der Waals surface area (Å²) in [7, 11) is 6.09. The van der Waals surface area contributed by atoms with Crippen LogP contribution >= 0.6 is 0 Å². The van der Waals surface area contributed by atoms with Gasteiger partial charge in [0, 0.05) is 43.1 Å². The van der Waals surface area contributed by atoms with E-state index in [0.29, 0.717) is 5.56 Å². The number of nitrogens with one attached hydrogen (secondary N) is 2. The van der Waals surface area contributed by atoms with Gasteiger partial charge in [0.05, 0.1) is 29.1 Å². The minimum atomic E-state index is -4.55. The molecule has 0 saturated heterocycles. The van der Waals surface area contributed by atoms with Gasteiger partial charge in [-0.2, -0.15) is 18.4 Å². The maximum absolute atomic E-state index is 13.3. The number of pyridine rings is 2. The second kappa shape index (κ2) is 11.0. The van der Waals surface area contributed by atoms with Gasteiger partial charge in [0.2, 0.25) is 5.95 Å². The van der Waals surface area contributed by atoms with Crippen LogP contribution in [0.1, 0.15) is 36.1 Å². The van der Waals surface area contributed by atoms with E-state index >= 15 is 0 Å². The molecule has 0 saturated carbocycles. The maximum Gasteiger partial charge on any atom is 0.417 e. The van der Waals surface area contributed by atoms with E-state index in [1.807, 2.05) is 46.3 Å². The Labute approximate surface area is 218 Å². The highest BCUT2D eigenvalue weighted by Gasteiger charge is 2.31. The van der Waals surface area contributed by atoms with Gasteiger partial charge in [0.1, 0.15) is 17.5 Å². The Morgan fingerprint density at radius 1 is 1.08 bits per heavy atom. The predicted octanol–water partition coefficient (Wildman–Crippen LogP) is 4.87. The van der Waals surface area contributed by atoms with Crippen LogP contribution in [0.25, 0.3) is 22.3 Å². The molecule has 4 rings (SSSR count). The summed E-state index contributed by atoms with van der Waals surface area (Å²) in [6, 6.07) is 6.71. The maximum atomic E-state index is 13.3. The van der Waals surface area contributed by atoms with Gasteiger partial charge in [-0.25, -0.2) is 19.9 Å².